The maximum Gasteiger partial charge on any atom is 0.432 e. The molecule has 0 aliphatic carbocycles. The molecule has 0 radical (unpaired) electrons. The van der Waals surface area contributed by atoms with E-state index in [2.05, 4.69) is 16.4 Å². The highest BCUT2D eigenvalue weighted by Crippen LogP contribution is 2.39. The van der Waals surface area contributed by atoms with Crippen LogP contribution in [0.15, 0.2) is 48.5 Å². The first-order valence-electron chi connectivity index (χ1n) is 12.2. The van der Waals surface area contributed by atoms with Crippen LogP contribution in [0.3, 0.4) is 0 Å². The number of benzene rings is 3. The summed E-state index contributed by atoms with van der Waals surface area (Å²) in [5, 5.41) is 0. The minimum absolute atomic E-state index is 0.0314. The minimum atomic E-state index is -4.64. The van der Waals surface area contributed by atoms with Gasteiger partial charge < -0.3 is 18.9 Å². The van der Waals surface area contributed by atoms with E-state index < -0.39 is 66.0 Å². The predicted octanol–water partition coefficient (Wildman–Crippen LogP) is 7.85. The summed E-state index contributed by atoms with van der Waals surface area (Å²) in [4.78, 5) is 0. The summed E-state index contributed by atoms with van der Waals surface area (Å²) >= 11 is 0. The molecule has 3 aromatic carbocycles. The average Bonchev–Trinajstić information content (AvgIpc) is 2.88. The van der Waals surface area contributed by atoms with E-state index in [1.165, 1.54) is 0 Å². The molecule has 1 fully saturated rings. The zero-order valence-electron chi connectivity index (χ0n) is 20.8. The van der Waals surface area contributed by atoms with Crippen molar-refractivity contribution in [3.8, 4) is 22.6 Å². The molecule has 210 valence electrons. The molecule has 4 rings (SSSR count). The van der Waals surface area contributed by atoms with Gasteiger partial charge in [0.25, 0.3) is 0 Å². The third kappa shape index (κ3) is 6.65. The van der Waals surface area contributed by atoms with Crippen molar-refractivity contribution in [2.45, 2.75) is 32.2 Å². The molecule has 3 aromatic rings. The van der Waals surface area contributed by atoms with Crippen molar-refractivity contribution >= 4 is 0 Å². The molecule has 0 bridgehead atoms. The van der Waals surface area contributed by atoms with Crippen LogP contribution in [-0.4, -0.2) is 26.5 Å². The van der Waals surface area contributed by atoms with E-state index in [-0.39, 0.29) is 5.56 Å². The first-order valence-corrected chi connectivity index (χ1v) is 12.2. The molecule has 0 N–H and O–H groups in total. The van der Waals surface area contributed by atoms with Crippen molar-refractivity contribution in [3.63, 3.8) is 0 Å². The normalized spacial score (nSPS) is 17.7. The van der Waals surface area contributed by atoms with Gasteiger partial charge in [-0.25, -0.2) is 22.0 Å². The molecule has 0 spiro atoms. The van der Waals surface area contributed by atoms with Crippen LogP contribution < -0.4 is 9.47 Å². The van der Waals surface area contributed by atoms with E-state index in [9.17, 15) is 30.7 Å². The van der Waals surface area contributed by atoms with E-state index >= 15 is 0 Å². The van der Waals surface area contributed by atoms with E-state index in [1.54, 1.807) is 24.3 Å². The molecule has 1 heterocycles. The maximum absolute atomic E-state index is 14.8. The summed E-state index contributed by atoms with van der Waals surface area (Å²) < 4.78 is 120. The van der Waals surface area contributed by atoms with Gasteiger partial charge in [0.1, 0.15) is 36.2 Å². The molecule has 39 heavy (non-hydrogen) atoms. The summed E-state index contributed by atoms with van der Waals surface area (Å²) in [6, 6.07) is 8.43. The summed E-state index contributed by atoms with van der Waals surface area (Å²) in [6.07, 6.45) is -3.22. The summed E-state index contributed by atoms with van der Waals surface area (Å²) in [5.41, 5.74) is -0.755. The second-order valence-corrected chi connectivity index (χ2v) is 8.96. The van der Waals surface area contributed by atoms with Crippen LogP contribution in [0.5, 0.6) is 11.5 Å². The Bertz CT molecular complexity index is 1230. The second-order valence-electron chi connectivity index (χ2n) is 8.96. The lowest BCUT2D eigenvalue weighted by molar-refractivity contribution is -0.206. The van der Waals surface area contributed by atoms with Gasteiger partial charge in [0.05, 0.1) is 13.2 Å². The highest BCUT2D eigenvalue weighted by atomic mass is 19.3. The van der Waals surface area contributed by atoms with E-state index in [1.807, 2.05) is 0 Å². The topological polar surface area (TPSA) is 36.9 Å². The average molecular weight is 558 g/mol. The molecule has 11 heteroatoms. The second kappa shape index (κ2) is 12.3. The van der Waals surface area contributed by atoms with Gasteiger partial charge in [-0.05, 0) is 29.7 Å². The first kappa shape index (κ1) is 28.7. The fraction of sp³-hybridized carbons (Fsp3) is 0.357. The van der Waals surface area contributed by atoms with Crippen molar-refractivity contribution < 1.29 is 49.7 Å². The molecule has 0 atom stereocenters. The summed E-state index contributed by atoms with van der Waals surface area (Å²) in [6.45, 7) is 1.45. The zero-order valence-corrected chi connectivity index (χ0v) is 20.8. The fourth-order valence-corrected chi connectivity index (χ4v) is 4.23. The smallest absolute Gasteiger partial charge is 0.432 e. The van der Waals surface area contributed by atoms with Gasteiger partial charge in [0, 0.05) is 23.6 Å². The lowest BCUT2D eigenvalue weighted by Crippen LogP contribution is -2.26. The van der Waals surface area contributed by atoms with Crippen LogP contribution in [0.1, 0.15) is 37.2 Å². The fourth-order valence-electron chi connectivity index (χ4n) is 4.23. The van der Waals surface area contributed by atoms with Crippen LogP contribution >= 0.6 is 0 Å². The maximum atomic E-state index is 14.8. The Morgan fingerprint density at radius 3 is 1.97 bits per heavy atom. The Labute approximate surface area is 220 Å². The van der Waals surface area contributed by atoms with Crippen LogP contribution in [-0.2, 0) is 15.6 Å². The molecule has 0 saturated carbocycles. The van der Waals surface area contributed by atoms with Gasteiger partial charge in [-0.15, -0.1) is 0 Å². The molecule has 0 aromatic heterocycles. The Hall–Kier alpha value is -3.31. The van der Waals surface area contributed by atoms with Crippen LogP contribution in [0.25, 0.3) is 11.1 Å². The Morgan fingerprint density at radius 1 is 0.846 bits per heavy atom. The molecule has 0 unspecified atom stereocenters. The summed E-state index contributed by atoms with van der Waals surface area (Å²) in [5.74, 6) is -7.94. The van der Waals surface area contributed by atoms with Crippen LogP contribution in [0, 0.1) is 29.2 Å². The molecule has 4 nitrogen and oxygen atoms in total. The number of hydrogen-bond donors (Lipinski definition) is 0. The van der Waals surface area contributed by atoms with Crippen molar-refractivity contribution in [1.82, 2.24) is 0 Å². The molecule has 1 aliphatic rings. The van der Waals surface area contributed by atoms with Gasteiger partial charge in [0.2, 0.25) is 0 Å². The van der Waals surface area contributed by atoms with E-state index in [0.717, 1.165) is 12.8 Å². The van der Waals surface area contributed by atoms with E-state index in [0.29, 0.717) is 54.5 Å². The number of ether oxygens (including phenoxy) is 4. The Morgan fingerprint density at radius 2 is 1.44 bits per heavy atom. The van der Waals surface area contributed by atoms with Gasteiger partial charge in [0.15, 0.2) is 23.7 Å². The number of alkyl halides is 3. The lowest BCUT2D eigenvalue weighted by atomic mass is 10.0. The highest BCUT2D eigenvalue weighted by molar-refractivity contribution is 5.64. The van der Waals surface area contributed by atoms with Crippen molar-refractivity contribution in [3.05, 3.63) is 82.9 Å². The predicted molar refractivity (Wildman–Crippen MR) is 127 cm³/mol. The minimum Gasteiger partial charge on any atom is -0.485 e. The van der Waals surface area contributed by atoms with Crippen molar-refractivity contribution in [2.24, 2.45) is 5.92 Å². The third-order valence-electron chi connectivity index (χ3n) is 6.05. The van der Waals surface area contributed by atoms with Gasteiger partial charge in [-0.3, -0.25) is 0 Å². The SMILES string of the molecule is CCCC1COC(c2ccc(-c3cc(F)c(C(F)(F)Oc4cc(F)c(OCCF)c(F)c4)c(F)c3)cc2)OC1. The van der Waals surface area contributed by atoms with Gasteiger partial charge >= 0.3 is 6.11 Å². The Balaban J connectivity index is 1.51. The van der Waals surface area contributed by atoms with Crippen LogP contribution in [0.2, 0.25) is 0 Å². The Kier molecular flexibility index (Phi) is 9.01. The summed E-state index contributed by atoms with van der Waals surface area (Å²) in [7, 11) is 0. The molecule has 0 amide bonds. The zero-order chi connectivity index (χ0) is 28.2. The first-order chi connectivity index (χ1) is 18.6. The monoisotopic (exact) mass is 558 g/mol. The van der Waals surface area contributed by atoms with E-state index in [4.69, 9.17) is 9.47 Å². The number of halogens is 7. The highest BCUT2D eigenvalue weighted by Gasteiger charge is 2.41. The van der Waals surface area contributed by atoms with Gasteiger partial charge in [-0.2, -0.15) is 8.78 Å². The molecule has 1 aliphatic heterocycles. The van der Waals surface area contributed by atoms with Gasteiger partial charge in [-0.1, -0.05) is 37.6 Å². The quantitative estimate of drug-likeness (QED) is 0.238. The largest absolute Gasteiger partial charge is 0.485 e. The molecular weight excluding hydrogens is 533 g/mol. The van der Waals surface area contributed by atoms with Crippen molar-refractivity contribution in [1.29, 1.82) is 0 Å². The number of hydrogen-bond acceptors (Lipinski definition) is 4. The standard InChI is InChI=1S/C28H25F7O4/c1-2-3-16-14-37-27(38-15-16)18-6-4-17(5-7-18)19-10-21(30)25(22(31)11-19)28(34,35)39-20-12-23(32)26(24(33)13-20)36-9-8-29/h4-7,10-13,16,27H,2-3,8-9,14-15H2,1H3. The third-order valence-corrected chi connectivity index (χ3v) is 6.05. The molecule has 1 saturated heterocycles. The van der Waals surface area contributed by atoms with Crippen LogP contribution in [0.4, 0.5) is 30.7 Å². The number of rotatable bonds is 10. The molecular formula is C28H25F7O4. The van der Waals surface area contributed by atoms with Crippen molar-refractivity contribution in [2.75, 3.05) is 26.5 Å². The lowest BCUT2D eigenvalue weighted by Gasteiger charge is -2.29.